The Morgan fingerprint density at radius 1 is 1.07 bits per heavy atom. The summed E-state index contributed by atoms with van der Waals surface area (Å²) in [7, 11) is 0. The molecule has 0 aliphatic carbocycles. The molecule has 0 spiro atoms. The van der Waals surface area contributed by atoms with E-state index in [-0.39, 0.29) is 17.4 Å². The summed E-state index contributed by atoms with van der Waals surface area (Å²) in [5, 5.41) is 12.8. The maximum absolute atomic E-state index is 11.7. The van der Waals surface area contributed by atoms with Crippen LogP contribution < -0.4 is 20.9 Å². The van der Waals surface area contributed by atoms with Crippen molar-refractivity contribution in [1.82, 2.24) is 16.2 Å². The number of rotatable bonds is 6. The van der Waals surface area contributed by atoms with Crippen molar-refractivity contribution in [3.05, 3.63) is 76.4 Å². The van der Waals surface area contributed by atoms with Gasteiger partial charge in [0.15, 0.2) is 11.7 Å². The van der Waals surface area contributed by atoms with Crippen molar-refractivity contribution in [2.45, 2.75) is 0 Å². The third kappa shape index (κ3) is 7.22. The average molecular weight is 400 g/mol. The number of nitro benzene ring substituents is 1. The molecule has 0 radical (unpaired) electrons. The highest BCUT2D eigenvalue weighted by Crippen LogP contribution is 2.16. The number of hydrazine groups is 1. The number of nitrogens with one attached hydrogen (secondary N) is 3. The zero-order valence-electron chi connectivity index (χ0n) is 14.5. The van der Waals surface area contributed by atoms with Crippen molar-refractivity contribution in [3.63, 3.8) is 0 Å². The predicted molar refractivity (Wildman–Crippen MR) is 106 cm³/mol. The second kappa shape index (κ2) is 10.4. The van der Waals surface area contributed by atoms with Gasteiger partial charge in [-0.1, -0.05) is 30.3 Å². The van der Waals surface area contributed by atoms with Crippen LogP contribution in [0.25, 0.3) is 6.08 Å². The highest BCUT2D eigenvalue weighted by atomic mass is 32.1. The minimum atomic E-state index is -0.560. The van der Waals surface area contributed by atoms with Crippen LogP contribution in [0.1, 0.15) is 5.56 Å². The molecule has 2 aromatic carbocycles. The monoisotopic (exact) mass is 400 g/mol. The van der Waals surface area contributed by atoms with Gasteiger partial charge in [-0.15, -0.1) is 0 Å². The topological polar surface area (TPSA) is 123 Å². The molecule has 0 unspecified atom stereocenters. The van der Waals surface area contributed by atoms with Crippen LogP contribution in [-0.2, 0) is 9.59 Å². The van der Waals surface area contributed by atoms with E-state index < -0.39 is 16.7 Å². The molecule has 0 aliphatic heterocycles. The summed E-state index contributed by atoms with van der Waals surface area (Å²) in [4.78, 5) is 33.5. The van der Waals surface area contributed by atoms with Crippen LogP contribution in [0.3, 0.4) is 0 Å². The third-order valence-corrected chi connectivity index (χ3v) is 3.40. The van der Waals surface area contributed by atoms with Crippen molar-refractivity contribution >= 4 is 40.9 Å². The molecule has 2 rings (SSSR count). The van der Waals surface area contributed by atoms with Gasteiger partial charge in [-0.25, -0.2) is 0 Å². The van der Waals surface area contributed by atoms with E-state index in [1.165, 1.54) is 30.3 Å². The normalized spacial score (nSPS) is 10.1. The van der Waals surface area contributed by atoms with E-state index in [0.717, 1.165) is 5.56 Å². The Labute approximate surface area is 165 Å². The Morgan fingerprint density at radius 3 is 2.39 bits per heavy atom. The largest absolute Gasteiger partial charge is 0.484 e. The fraction of sp³-hybridized carbons (Fsp3) is 0.0556. The molecule has 0 bridgehead atoms. The van der Waals surface area contributed by atoms with Crippen molar-refractivity contribution in [3.8, 4) is 5.75 Å². The lowest BCUT2D eigenvalue weighted by molar-refractivity contribution is -0.384. The number of hydrogen-bond acceptors (Lipinski definition) is 6. The first-order chi connectivity index (χ1) is 13.4. The highest BCUT2D eigenvalue weighted by Gasteiger charge is 2.07. The molecule has 0 aliphatic rings. The van der Waals surface area contributed by atoms with E-state index >= 15 is 0 Å². The van der Waals surface area contributed by atoms with Crippen LogP contribution in [0.4, 0.5) is 5.69 Å². The number of amides is 2. The smallest absolute Gasteiger partial charge is 0.276 e. The Kier molecular flexibility index (Phi) is 7.61. The zero-order chi connectivity index (χ0) is 20.4. The molecule has 144 valence electrons. The first-order valence-electron chi connectivity index (χ1n) is 7.94. The predicted octanol–water partition coefficient (Wildman–Crippen LogP) is 1.71. The molecule has 0 fully saturated rings. The fourth-order valence-corrected chi connectivity index (χ4v) is 2.05. The number of ether oxygens (including phenoxy) is 1. The lowest BCUT2D eigenvalue weighted by atomic mass is 10.2. The molecule has 2 aromatic rings. The standard InChI is InChI=1S/C18H16N4O5S/c23-16(11-6-13-4-2-1-3-5-13)19-18(28)21-20-17(24)12-27-15-9-7-14(8-10-15)22(25)26/h1-11H,12H2,(H,20,24)(H2,19,21,23,28)/b11-6+. The van der Waals surface area contributed by atoms with E-state index in [1.54, 1.807) is 6.08 Å². The van der Waals surface area contributed by atoms with Crippen LogP contribution in [0, 0.1) is 10.1 Å². The number of nitrogens with zero attached hydrogens (tertiary/aromatic N) is 1. The van der Waals surface area contributed by atoms with Gasteiger partial charge in [0.05, 0.1) is 4.92 Å². The van der Waals surface area contributed by atoms with Crippen LogP contribution in [0.2, 0.25) is 0 Å². The number of carbonyl (C=O) groups excluding carboxylic acids is 2. The molecule has 0 aromatic heterocycles. The lowest BCUT2D eigenvalue weighted by Gasteiger charge is -2.10. The Morgan fingerprint density at radius 2 is 1.75 bits per heavy atom. The molecule has 0 atom stereocenters. The molecule has 0 saturated heterocycles. The fourth-order valence-electron chi connectivity index (χ4n) is 1.90. The summed E-state index contributed by atoms with van der Waals surface area (Å²) in [6, 6.07) is 14.5. The molecule has 9 nitrogen and oxygen atoms in total. The van der Waals surface area contributed by atoms with Crippen LogP contribution >= 0.6 is 12.2 Å². The summed E-state index contributed by atoms with van der Waals surface area (Å²) in [6.07, 6.45) is 2.93. The number of hydrogen-bond donors (Lipinski definition) is 3. The van der Waals surface area contributed by atoms with Gasteiger partial charge < -0.3 is 4.74 Å². The van der Waals surface area contributed by atoms with Crippen molar-refractivity contribution < 1.29 is 19.2 Å². The van der Waals surface area contributed by atoms with E-state index in [2.05, 4.69) is 16.2 Å². The quantitative estimate of drug-likeness (QED) is 0.292. The molecule has 2 amide bonds. The number of nitro groups is 1. The van der Waals surface area contributed by atoms with Gasteiger partial charge in [0, 0.05) is 18.2 Å². The van der Waals surface area contributed by atoms with Gasteiger partial charge in [-0.3, -0.25) is 35.9 Å². The average Bonchev–Trinajstić information content (AvgIpc) is 2.70. The molecule has 3 N–H and O–H groups in total. The molecular weight excluding hydrogens is 384 g/mol. The van der Waals surface area contributed by atoms with Crippen LogP contribution in [-0.4, -0.2) is 28.5 Å². The molecular formula is C18H16N4O5S. The lowest BCUT2D eigenvalue weighted by Crippen LogP contribution is -2.49. The maximum Gasteiger partial charge on any atom is 0.276 e. The van der Waals surface area contributed by atoms with Gasteiger partial charge in [0.25, 0.3) is 11.6 Å². The summed E-state index contributed by atoms with van der Waals surface area (Å²) in [5.74, 6) is -0.727. The van der Waals surface area contributed by atoms with Gasteiger partial charge in [-0.2, -0.15) is 0 Å². The Hall–Kier alpha value is -3.79. The Balaban J connectivity index is 1.68. The second-order valence-electron chi connectivity index (χ2n) is 5.28. The van der Waals surface area contributed by atoms with Gasteiger partial charge in [-0.05, 0) is 36.0 Å². The number of thiocarbonyl (C=S) groups is 1. The van der Waals surface area contributed by atoms with E-state index in [4.69, 9.17) is 17.0 Å². The summed E-state index contributed by atoms with van der Waals surface area (Å²) in [6.45, 7) is -0.352. The summed E-state index contributed by atoms with van der Waals surface area (Å²) in [5.41, 5.74) is 5.40. The minimum Gasteiger partial charge on any atom is -0.484 e. The SMILES string of the molecule is O=C(/C=C/c1ccccc1)NC(=S)NNC(=O)COc1ccc([N+](=O)[O-])cc1. The molecule has 10 heteroatoms. The summed E-state index contributed by atoms with van der Waals surface area (Å²) >= 11 is 4.90. The Bertz CT molecular complexity index is 885. The van der Waals surface area contributed by atoms with Gasteiger partial charge in [0.2, 0.25) is 5.91 Å². The molecule has 0 heterocycles. The van der Waals surface area contributed by atoms with Crippen molar-refractivity contribution in [2.24, 2.45) is 0 Å². The summed E-state index contributed by atoms with van der Waals surface area (Å²) < 4.78 is 5.19. The minimum absolute atomic E-state index is 0.0825. The van der Waals surface area contributed by atoms with E-state index in [9.17, 15) is 19.7 Å². The van der Waals surface area contributed by atoms with Crippen molar-refractivity contribution in [1.29, 1.82) is 0 Å². The van der Waals surface area contributed by atoms with E-state index in [1.807, 2.05) is 30.3 Å². The van der Waals surface area contributed by atoms with Crippen LogP contribution in [0.5, 0.6) is 5.75 Å². The number of carbonyl (C=O) groups is 2. The van der Waals surface area contributed by atoms with Gasteiger partial charge >= 0.3 is 0 Å². The second-order valence-corrected chi connectivity index (χ2v) is 5.68. The molecule has 28 heavy (non-hydrogen) atoms. The zero-order valence-corrected chi connectivity index (χ0v) is 15.3. The number of non-ortho nitro benzene ring substituents is 1. The van der Waals surface area contributed by atoms with Crippen LogP contribution in [0.15, 0.2) is 60.7 Å². The van der Waals surface area contributed by atoms with E-state index in [0.29, 0.717) is 5.75 Å². The highest BCUT2D eigenvalue weighted by molar-refractivity contribution is 7.80. The van der Waals surface area contributed by atoms with Crippen molar-refractivity contribution in [2.75, 3.05) is 6.61 Å². The maximum atomic E-state index is 11.7. The molecule has 0 saturated carbocycles. The first-order valence-corrected chi connectivity index (χ1v) is 8.35. The van der Waals surface area contributed by atoms with Gasteiger partial charge in [0.1, 0.15) is 5.75 Å². The third-order valence-electron chi connectivity index (χ3n) is 3.20. The first kappa shape index (κ1) is 20.5. The number of benzene rings is 2.